The Labute approximate surface area is 115 Å². The zero-order valence-electron chi connectivity index (χ0n) is 13.5. The molecule has 0 heterocycles. The minimum atomic E-state index is 0.483. The number of benzene rings is 1. The van der Waals surface area contributed by atoms with Crippen molar-refractivity contribution >= 4 is 0 Å². The highest BCUT2D eigenvalue weighted by Gasteiger charge is 2.03. The summed E-state index contributed by atoms with van der Waals surface area (Å²) < 4.78 is 0. The molecule has 1 aromatic rings. The number of allylic oxidation sites excluding steroid dienone is 2. The molecule has 0 radical (unpaired) electrons. The Hall–Kier alpha value is -1.30. The van der Waals surface area contributed by atoms with E-state index in [4.69, 9.17) is 0 Å². The molecule has 0 aliphatic rings. The minimum absolute atomic E-state index is 0.483. The molecule has 0 saturated heterocycles. The molecule has 0 heteroatoms. The molecule has 104 valence electrons. The molecular weight excluding hydrogens is 216 g/mol. The van der Waals surface area contributed by atoms with Crippen LogP contribution in [0.5, 0.6) is 0 Å². The van der Waals surface area contributed by atoms with Gasteiger partial charge in [-0.1, -0.05) is 83.2 Å². The standard InChI is InChI=1S/C11H14.C3H6.2C2H6/c1-9(2)10(3)11-7-5-4-6-8-11;1-3-2;2*1-2/h4-8,10H,1H2,2-3H3;3H,1H2,2H3;2*1-2H3. The molecule has 18 heavy (non-hydrogen) atoms. The first-order valence-electron chi connectivity index (χ1n) is 6.90. The third-order valence-corrected chi connectivity index (χ3v) is 2.04. The molecule has 0 bridgehead atoms. The van der Waals surface area contributed by atoms with Crippen molar-refractivity contribution in [2.24, 2.45) is 0 Å². The highest BCUT2D eigenvalue weighted by atomic mass is 14.1. The molecule has 0 nitrogen and oxygen atoms in total. The van der Waals surface area contributed by atoms with Gasteiger partial charge in [0.2, 0.25) is 0 Å². The Morgan fingerprint density at radius 1 is 1.06 bits per heavy atom. The lowest BCUT2D eigenvalue weighted by molar-refractivity contribution is 0.899. The number of rotatable bonds is 2. The predicted octanol–water partition coefficient (Wildman–Crippen LogP) is 6.61. The van der Waals surface area contributed by atoms with Gasteiger partial charge >= 0.3 is 0 Å². The first-order chi connectivity index (χ1) is 8.63. The molecule has 1 atom stereocenters. The van der Waals surface area contributed by atoms with E-state index in [1.807, 2.05) is 40.7 Å². The van der Waals surface area contributed by atoms with Crippen molar-refractivity contribution in [1.29, 1.82) is 0 Å². The first kappa shape index (κ1) is 21.9. The topological polar surface area (TPSA) is 0 Å². The second kappa shape index (κ2) is 18.1. The zero-order valence-corrected chi connectivity index (χ0v) is 13.5. The Morgan fingerprint density at radius 3 is 1.67 bits per heavy atom. The third kappa shape index (κ3) is 12.8. The van der Waals surface area contributed by atoms with Gasteiger partial charge in [-0.3, -0.25) is 0 Å². The Morgan fingerprint density at radius 2 is 1.39 bits per heavy atom. The molecular formula is C18H32. The second-order valence-electron chi connectivity index (χ2n) is 3.39. The third-order valence-electron chi connectivity index (χ3n) is 2.04. The predicted molar refractivity (Wildman–Crippen MR) is 88.2 cm³/mol. The van der Waals surface area contributed by atoms with Gasteiger partial charge < -0.3 is 0 Å². The van der Waals surface area contributed by atoms with Crippen LogP contribution in [0.2, 0.25) is 0 Å². The lowest BCUT2D eigenvalue weighted by atomic mass is 9.95. The molecule has 0 aromatic heterocycles. The van der Waals surface area contributed by atoms with E-state index in [0.717, 1.165) is 0 Å². The van der Waals surface area contributed by atoms with E-state index >= 15 is 0 Å². The van der Waals surface area contributed by atoms with Gasteiger partial charge in [0.25, 0.3) is 0 Å². The maximum atomic E-state index is 3.93. The monoisotopic (exact) mass is 248 g/mol. The fraction of sp³-hybridized carbons (Fsp3) is 0.444. The maximum Gasteiger partial charge on any atom is 0.00143 e. The van der Waals surface area contributed by atoms with Gasteiger partial charge in [-0.25, -0.2) is 0 Å². The van der Waals surface area contributed by atoms with Crippen LogP contribution in [-0.4, -0.2) is 0 Å². The van der Waals surface area contributed by atoms with E-state index in [1.165, 1.54) is 11.1 Å². The molecule has 0 aliphatic carbocycles. The number of hydrogen-bond donors (Lipinski definition) is 0. The average Bonchev–Trinajstić information content (AvgIpc) is 2.44. The fourth-order valence-corrected chi connectivity index (χ4v) is 1.03. The number of hydrogen-bond acceptors (Lipinski definition) is 0. The van der Waals surface area contributed by atoms with Crippen LogP contribution in [0, 0.1) is 0 Å². The highest BCUT2D eigenvalue weighted by Crippen LogP contribution is 2.20. The summed E-state index contributed by atoms with van der Waals surface area (Å²) in [5.74, 6) is 0.483. The Kier molecular flexibility index (Phi) is 22.0. The molecule has 0 saturated carbocycles. The lowest BCUT2D eigenvalue weighted by Gasteiger charge is -2.10. The van der Waals surface area contributed by atoms with Crippen molar-refractivity contribution in [1.82, 2.24) is 0 Å². The average molecular weight is 248 g/mol. The van der Waals surface area contributed by atoms with E-state index in [0.29, 0.717) is 5.92 Å². The van der Waals surface area contributed by atoms with Gasteiger partial charge in [-0.2, -0.15) is 0 Å². The summed E-state index contributed by atoms with van der Waals surface area (Å²) in [6.07, 6.45) is 1.75. The Balaban J connectivity index is -0.000000274. The van der Waals surface area contributed by atoms with Crippen LogP contribution in [0.25, 0.3) is 0 Å². The van der Waals surface area contributed by atoms with E-state index in [2.05, 4.69) is 51.3 Å². The van der Waals surface area contributed by atoms with Crippen molar-refractivity contribution in [3.05, 3.63) is 60.7 Å². The van der Waals surface area contributed by atoms with E-state index < -0.39 is 0 Å². The largest absolute Gasteiger partial charge is 0.103 e. The Bertz CT molecular complexity index is 269. The van der Waals surface area contributed by atoms with Gasteiger partial charge in [-0.05, 0) is 19.4 Å². The normalized spacial score (nSPS) is 9.06. The van der Waals surface area contributed by atoms with Crippen LogP contribution in [0.4, 0.5) is 0 Å². The maximum absolute atomic E-state index is 3.93. The van der Waals surface area contributed by atoms with Crippen LogP contribution in [0.3, 0.4) is 0 Å². The fourth-order valence-electron chi connectivity index (χ4n) is 1.03. The SMILES string of the molecule is C=C(C)C(C)c1ccccc1.C=CC.CC.CC. The van der Waals surface area contributed by atoms with Crippen LogP contribution in [0.15, 0.2) is 55.1 Å². The van der Waals surface area contributed by atoms with Crippen molar-refractivity contribution in [2.75, 3.05) is 0 Å². The van der Waals surface area contributed by atoms with Crippen LogP contribution >= 0.6 is 0 Å². The zero-order chi connectivity index (χ0) is 15.0. The first-order valence-corrected chi connectivity index (χ1v) is 6.90. The molecule has 0 aliphatic heterocycles. The molecule has 1 aromatic carbocycles. The smallest absolute Gasteiger partial charge is 0.00143 e. The molecule has 0 fully saturated rings. The van der Waals surface area contributed by atoms with Gasteiger partial charge in [0, 0.05) is 5.92 Å². The molecule has 0 amide bonds. The van der Waals surface area contributed by atoms with Crippen LogP contribution < -0.4 is 0 Å². The van der Waals surface area contributed by atoms with E-state index in [-0.39, 0.29) is 0 Å². The lowest BCUT2D eigenvalue weighted by Crippen LogP contribution is -1.92. The van der Waals surface area contributed by atoms with Gasteiger partial charge in [0.1, 0.15) is 0 Å². The summed E-state index contributed by atoms with van der Waals surface area (Å²) in [5.41, 5.74) is 2.57. The van der Waals surface area contributed by atoms with Gasteiger partial charge in [0.15, 0.2) is 0 Å². The van der Waals surface area contributed by atoms with Crippen molar-refractivity contribution in [3.63, 3.8) is 0 Å². The quantitative estimate of drug-likeness (QED) is 0.516. The summed E-state index contributed by atoms with van der Waals surface area (Å²) in [5, 5.41) is 0. The summed E-state index contributed by atoms with van der Waals surface area (Å²) in [6.45, 7) is 21.4. The van der Waals surface area contributed by atoms with Crippen molar-refractivity contribution in [2.45, 2.75) is 54.4 Å². The molecule has 0 N–H and O–H groups in total. The molecule has 0 spiro atoms. The second-order valence-corrected chi connectivity index (χ2v) is 3.39. The van der Waals surface area contributed by atoms with Crippen LogP contribution in [0.1, 0.15) is 59.9 Å². The minimum Gasteiger partial charge on any atom is -0.103 e. The summed E-state index contributed by atoms with van der Waals surface area (Å²) in [4.78, 5) is 0. The van der Waals surface area contributed by atoms with Gasteiger partial charge in [-0.15, -0.1) is 6.58 Å². The molecule has 1 rings (SSSR count). The summed E-state index contributed by atoms with van der Waals surface area (Å²) >= 11 is 0. The van der Waals surface area contributed by atoms with E-state index in [1.54, 1.807) is 6.08 Å². The summed E-state index contributed by atoms with van der Waals surface area (Å²) in [7, 11) is 0. The highest BCUT2D eigenvalue weighted by molar-refractivity contribution is 5.25. The summed E-state index contributed by atoms with van der Waals surface area (Å²) in [6, 6.07) is 10.4. The van der Waals surface area contributed by atoms with Crippen molar-refractivity contribution < 1.29 is 0 Å². The molecule has 1 unspecified atom stereocenters. The van der Waals surface area contributed by atoms with Crippen LogP contribution in [-0.2, 0) is 0 Å². The van der Waals surface area contributed by atoms with Gasteiger partial charge in [0.05, 0.1) is 0 Å². The van der Waals surface area contributed by atoms with E-state index in [9.17, 15) is 0 Å². The van der Waals surface area contributed by atoms with Crippen molar-refractivity contribution in [3.8, 4) is 0 Å².